The van der Waals surface area contributed by atoms with Gasteiger partial charge in [0.15, 0.2) is 0 Å². The Morgan fingerprint density at radius 3 is 2.36 bits per heavy atom. The van der Waals surface area contributed by atoms with E-state index in [-0.39, 0.29) is 11.3 Å². The fraction of sp³-hybridized carbons (Fsp3) is 0.192. The molecule has 1 aliphatic heterocycles. The zero-order chi connectivity index (χ0) is 23.7. The number of carbonyl (C=O) groups is 2. The molecule has 1 amide bonds. The van der Waals surface area contributed by atoms with Crippen molar-refractivity contribution in [1.82, 2.24) is 4.98 Å². The number of aliphatic hydroxyl groups is 1. The van der Waals surface area contributed by atoms with E-state index in [0.29, 0.717) is 28.3 Å². The normalized spacial score (nSPS) is 17.3. The van der Waals surface area contributed by atoms with Gasteiger partial charge in [-0.25, -0.2) is 0 Å². The van der Waals surface area contributed by atoms with Gasteiger partial charge >= 0.3 is 0 Å². The van der Waals surface area contributed by atoms with Gasteiger partial charge < -0.3 is 14.6 Å². The van der Waals surface area contributed by atoms with Gasteiger partial charge in [-0.1, -0.05) is 6.07 Å². The van der Waals surface area contributed by atoms with E-state index in [1.54, 1.807) is 68.0 Å². The number of benzene rings is 2. The summed E-state index contributed by atoms with van der Waals surface area (Å²) in [6, 6.07) is 13.1. The van der Waals surface area contributed by atoms with Crippen molar-refractivity contribution in [2.75, 3.05) is 19.1 Å². The standard InChI is InChI=1S/C26H24N2O5/c1-15-13-21(33-4)16(2)12-20(15)24(29)22-23(17-8-10-27-11-9-17)28(26(31)25(22)30)18-6-5-7-19(14-18)32-3/h5-14,23,29H,1-4H3/b24-22+. The van der Waals surface area contributed by atoms with Crippen molar-refractivity contribution in [2.24, 2.45) is 0 Å². The zero-order valence-electron chi connectivity index (χ0n) is 18.8. The quantitative estimate of drug-likeness (QED) is 0.358. The molecule has 1 saturated heterocycles. The first-order valence-corrected chi connectivity index (χ1v) is 10.4. The number of nitrogens with zero attached hydrogens (tertiary/aromatic N) is 2. The SMILES string of the molecule is COc1cccc(N2C(=O)C(=O)/C(=C(/O)c3cc(C)c(OC)cc3C)C2c2ccncc2)c1. The van der Waals surface area contributed by atoms with Crippen LogP contribution in [0, 0.1) is 13.8 Å². The molecule has 1 aromatic heterocycles. The van der Waals surface area contributed by atoms with Crippen molar-refractivity contribution in [1.29, 1.82) is 0 Å². The van der Waals surface area contributed by atoms with Crippen LogP contribution in [0.25, 0.3) is 5.76 Å². The molecule has 3 aromatic rings. The molecule has 0 aliphatic carbocycles. The summed E-state index contributed by atoms with van der Waals surface area (Å²) in [6.07, 6.45) is 3.17. The number of amides is 1. The molecule has 0 radical (unpaired) electrons. The Balaban J connectivity index is 1.96. The zero-order valence-corrected chi connectivity index (χ0v) is 18.8. The summed E-state index contributed by atoms with van der Waals surface area (Å²) < 4.78 is 10.7. The predicted molar refractivity (Wildman–Crippen MR) is 124 cm³/mol. The summed E-state index contributed by atoms with van der Waals surface area (Å²) in [4.78, 5) is 32.0. The Morgan fingerprint density at radius 1 is 0.970 bits per heavy atom. The summed E-state index contributed by atoms with van der Waals surface area (Å²) in [5.74, 6) is -0.501. The average molecular weight is 444 g/mol. The maximum atomic E-state index is 13.3. The molecule has 1 aliphatic rings. The van der Waals surface area contributed by atoms with Crippen LogP contribution in [0.1, 0.15) is 28.3 Å². The number of hydrogen-bond acceptors (Lipinski definition) is 6. The lowest BCUT2D eigenvalue weighted by atomic mass is 9.93. The third kappa shape index (κ3) is 3.82. The van der Waals surface area contributed by atoms with Gasteiger partial charge in [0.2, 0.25) is 0 Å². The van der Waals surface area contributed by atoms with E-state index in [1.807, 2.05) is 13.8 Å². The van der Waals surface area contributed by atoms with Crippen LogP contribution in [0.2, 0.25) is 0 Å². The minimum atomic E-state index is -0.832. The lowest BCUT2D eigenvalue weighted by molar-refractivity contribution is -0.132. The molecule has 2 heterocycles. The molecule has 168 valence electrons. The summed E-state index contributed by atoms with van der Waals surface area (Å²) in [5, 5.41) is 11.4. The third-order valence-electron chi connectivity index (χ3n) is 5.79. The molecular weight excluding hydrogens is 420 g/mol. The van der Waals surface area contributed by atoms with Gasteiger partial charge in [0.1, 0.15) is 17.3 Å². The molecule has 1 N–H and O–H groups in total. The highest BCUT2D eigenvalue weighted by Gasteiger charge is 2.47. The van der Waals surface area contributed by atoms with Crippen LogP contribution < -0.4 is 14.4 Å². The first-order chi connectivity index (χ1) is 15.9. The van der Waals surface area contributed by atoms with Crippen molar-refractivity contribution in [3.05, 3.63) is 88.8 Å². The van der Waals surface area contributed by atoms with Crippen LogP contribution in [-0.4, -0.2) is 36.0 Å². The average Bonchev–Trinajstić information content (AvgIpc) is 3.10. The second-order valence-corrected chi connectivity index (χ2v) is 7.79. The van der Waals surface area contributed by atoms with E-state index in [9.17, 15) is 14.7 Å². The number of aromatic nitrogens is 1. The van der Waals surface area contributed by atoms with E-state index < -0.39 is 17.7 Å². The number of anilines is 1. The highest BCUT2D eigenvalue weighted by atomic mass is 16.5. The summed E-state index contributed by atoms with van der Waals surface area (Å²) >= 11 is 0. The van der Waals surface area contributed by atoms with E-state index in [1.165, 1.54) is 12.0 Å². The Bertz CT molecular complexity index is 1270. The molecule has 7 nitrogen and oxygen atoms in total. The minimum Gasteiger partial charge on any atom is -0.507 e. The van der Waals surface area contributed by atoms with Crippen molar-refractivity contribution in [3.63, 3.8) is 0 Å². The lowest BCUT2D eigenvalue weighted by Crippen LogP contribution is -2.29. The lowest BCUT2D eigenvalue weighted by Gasteiger charge is -2.25. The molecule has 0 bridgehead atoms. The monoisotopic (exact) mass is 444 g/mol. The highest BCUT2D eigenvalue weighted by molar-refractivity contribution is 6.51. The fourth-order valence-corrected chi connectivity index (χ4v) is 4.13. The number of aliphatic hydroxyl groups excluding tert-OH is 1. The van der Waals surface area contributed by atoms with Gasteiger partial charge in [-0.05, 0) is 66.9 Å². The van der Waals surface area contributed by atoms with Gasteiger partial charge in [-0.3, -0.25) is 19.5 Å². The Hall–Kier alpha value is -4.13. The first kappa shape index (κ1) is 22.1. The Morgan fingerprint density at radius 2 is 1.70 bits per heavy atom. The largest absolute Gasteiger partial charge is 0.507 e. The van der Waals surface area contributed by atoms with Gasteiger partial charge in [-0.15, -0.1) is 0 Å². The number of methoxy groups -OCH3 is 2. The summed E-state index contributed by atoms with van der Waals surface area (Å²) in [5.41, 5.74) is 3.14. The molecule has 2 aromatic carbocycles. The smallest absolute Gasteiger partial charge is 0.300 e. The third-order valence-corrected chi connectivity index (χ3v) is 5.79. The number of aryl methyl sites for hydroxylation is 2. The van der Waals surface area contributed by atoms with Crippen LogP contribution in [0.3, 0.4) is 0 Å². The molecule has 1 unspecified atom stereocenters. The van der Waals surface area contributed by atoms with Crippen LogP contribution in [0.4, 0.5) is 5.69 Å². The van der Waals surface area contributed by atoms with Gasteiger partial charge in [0.25, 0.3) is 11.7 Å². The fourth-order valence-electron chi connectivity index (χ4n) is 4.13. The molecular formula is C26H24N2O5. The maximum Gasteiger partial charge on any atom is 0.300 e. The number of ether oxygens (including phenoxy) is 2. The number of rotatable bonds is 5. The van der Waals surface area contributed by atoms with Crippen LogP contribution in [0.15, 0.2) is 66.5 Å². The topological polar surface area (TPSA) is 89.0 Å². The van der Waals surface area contributed by atoms with Gasteiger partial charge in [0, 0.05) is 29.7 Å². The second kappa shape index (κ2) is 8.78. The number of carbonyl (C=O) groups excluding carboxylic acids is 2. The predicted octanol–water partition coefficient (Wildman–Crippen LogP) is 4.34. The van der Waals surface area contributed by atoms with Crippen LogP contribution in [-0.2, 0) is 9.59 Å². The van der Waals surface area contributed by atoms with E-state index in [2.05, 4.69) is 4.98 Å². The van der Waals surface area contributed by atoms with Crippen molar-refractivity contribution in [2.45, 2.75) is 19.9 Å². The maximum absolute atomic E-state index is 13.3. The second-order valence-electron chi connectivity index (χ2n) is 7.79. The minimum absolute atomic E-state index is 0.0155. The van der Waals surface area contributed by atoms with Crippen LogP contribution >= 0.6 is 0 Å². The molecule has 33 heavy (non-hydrogen) atoms. The van der Waals surface area contributed by atoms with Crippen LogP contribution in [0.5, 0.6) is 11.5 Å². The number of pyridine rings is 1. The Labute approximate surface area is 191 Å². The van der Waals surface area contributed by atoms with Crippen molar-refractivity contribution >= 4 is 23.1 Å². The van der Waals surface area contributed by atoms with E-state index >= 15 is 0 Å². The van der Waals surface area contributed by atoms with Gasteiger partial charge in [0.05, 0.1) is 25.8 Å². The van der Waals surface area contributed by atoms with Crippen molar-refractivity contribution in [3.8, 4) is 11.5 Å². The Kier molecular flexibility index (Phi) is 5.87. The molecule has 0 saturated carbocycles. The van der Waals surface area contributed by atoms with E-state index in [4.69, 9.17) is 9.47 Å². The number of hydrogen-bond donors (Lipinski definition) is 1. The summed E-state index contributed by atoms with van der Waals surface area (Å²) in [7, 11) is 3.10. The summed E-state index contributed by atoms with van der Waals surface area (Å²) in [6.45, 7) is 3.67. The molecule has 1 fully saturated rings. The van der Waals surface area contributed by atoms with Crippen molar-refractivity contribution < 1.29 is 24.2 Å². The molecule has 7 heteroatoms. The molecule has 1 atom stereocenters. The highest BCUT2D eigenvalue weighted by Crippen LogP contribution is 2.43. The van der Waals surface area contributed by atoms with E-state index in [0.717, 1.165) is 11.1 Å². The first-order valence-electron chi connectivity index (χ1n) is 10.4. The number of Topliss-reactive ketones (excluding diaryl/α,β-unsaturated/α-hetero) is 1. The van der Waals surface area contributed by atoms with Gasteiger partial charge in [-0.2, -0.15) is 0 Å². The number of ketones is 1. The molecule has 4 rings (SSSR count). The molecule has 0 spiro atoms.